The molecule has 0 bridgehead atoms. The van der Waals surface area contributed by atoms with Crippen molar-refractivity contribution in [3.8, 4) is 0 Å². The van der Waals surface area contributed by atoms with Crippen LogP contribution in [0.15, 0.2) is 40.5 Å². The van der Waals surface area contributed by atoms with Crippen LogP contribution in [-0.4, -0.2) is 36.6 Å². The van der Waals surface area contributed by atoms with Crippen molar-refractivity contribution in [2.45, 2.75) is 52.1 Å². The molecule has 0 saturated heterocycles. The SMILES string of the molecule is COC(=O)c1ccc([C@H]2C3=C(CCCC3=O)N=C(C)C2C(=O)OC(C)C)cc1. The number of allylic oxidation sites excluding steroid dienone is 2. The van der Waals surface area contributed by atoms with Crippen molar-refractivity contribution in [3.05, 3.63) is 46.7 Å². The van der Waals surface area contributed by atoms with Gasteiger partial charge in [-0.2, -0.15) is 0 Å². The largest absolute Gasteiger partial charge is 0.465 e. The summed E-state index contributed by atoms with van der Waals surface area (Å²) in [5, 5.41) is 0. The highest BCUT2D eigenvalue weighted by atomic mass is 16.5. The van der Waals surface area contributed by atoms with Crippen LogP contribution in [0.3, 0.4) is 0 Å². The minimum Gasteiger partial charge on any atom is -0.465 e. The zero-order valence-electron chi connectivity index (χ0n) is 16.7. The molecule has 6 heteroatoms. The Kier molecular flexibility index (Phi) is 5.77. The van der Waals surface area contributed by atoms with Gasteiger partial charge in [-0.05, 0) is 51.3 Å². The maximum absolute atomic E-state index is 12.9. The Morgan fingerprint density at radius 1 is 1.14 bits per heavy atom. The van der Waals surface area contributed by atoms with Crippen molar-refractivity contribution in [2.24, 2.45) is 10.9 Å². The second-order valence-corrected chi connectivity index (χ2v) is 7.44. The molecule has 1 aliphatic heterocycles. The second kappa shape index (κ2) is 8.09. The number of rotatable bonds is 4. The lowest BCUT2D eigenvalue weighted by Gasteiger charge is -2.34. The van der Waals surface area contributed by atoms with Crippen molar-refractivity contribution >= 4 is 23.4 Å². The van der Waals surface area contributed by atoms with Gasteiger partial charge in [-0.3, -0.25) is 14.6 Å². The summed E-state index contributed by atoms with van der Waals surface area (Å²) in [6, 6.07) is 6.86. The number of ether oxygens (including phenoxy) is 2. The molecule has 0 radical (unpaired) electrons. The number of aliphatic imine (C=N–C) groups is 1. The number of Topliss-reactive ketones (excluding diaryl/α,β-unsaturated/α-hetero) is 1. The van der Waals surface area contributed by atoms with E-state index in [1.165, 1.54) is 7.11 Å². The molecule has 1 aromatic rings. The first-order valence-electron chi connectivity index (χ1n) is 9.53. The number of benzene rings is 1. The third kappa shape index (κ3) is 3.77. The molecular weight excluding hydrogens is 358 g/mol. The predicted octanol–water partition coefficient (Wildman–Crippen LogP) is 3.61. The molecule has 1 aliphatic carbocycles. The van der Waals surface area contributed by atoms with E-state index in [1.54, 1.807) is 38.1 Å². The highest BCUT2D eigenvalue weighted by Crippen LogP contribution is 2.43. The lowest BCUT2D eigenvalue weighted by atomic mass is 9.71. The van der Waals surface area contributed by atoms with Gasteiger partial charge in [0, 0.05) is 29.3 Å². The fourth-order valence-corrected chi connectivity index (χ4v) is 3.92. The quantitative estimate of drug-likeness (QED) is 0.742. The van der Waals surface area contributed by atoms with Crippen LogP contribution in [-0.2, 0) is 19.1 Å². The molecule has 1 heterocycles. The lowest BCUT2D eigenvalue weighted by Crippen LogP contribution is -2.38. The van der Waals surface area contributed by atoms with Gasteiger partial charge in [-0.25, -0.2) is 4.79 Å². The van der Waals surface area contributed by atoms with Crippen LogP contribution in [0.1, 0.15) is 61.9 Å². The highest BCUT2D eigenvalue weighted by Gasteiger charge is 2.43. The molecule has 0 saturated carbocycles. The maximum atomic E-state index is 12.9. The van der Waals surface area contributed by atoms with E-state index in [2.05, 4.69) is 4.99 Å². The van der Waals surface area contributed by atoms with Gasteiger partial charge in [-0.1, -0.05) is 12.1 Å². The number of hydrogen-bond donors (Lipinski definition) is 0. The van der Waals surface area contributed by atoms with Gasteiger partial charge in [-0.15, -0.1) is 0 Å². The number of esters is 2. The zero-order valence-corrected chi connectivity index (χ0v) is 16.7. The molecule has 2 aliphatic rings. The van der Waals surface area contributed by atoms with Gasteiger partial charge in [0.2, 0.25) is 0 Å². The average molecular weight is 383 g/mol. The first kappa shape index (κ1) is 20.0. The van der Waals surface area contributed by atoms with Crippen molar-refractivity contribution in [3.63, 3.8) is 0 Å². The molecule has 1 unspecified atom stereocenters. The Morgan fingerprint density at radius 3 is 2.43 bits per heavy atom. The van der Waals surface area contributed by atoms with Gasteiger partial charge < -0.3 is 9.47 Å². The second-order valence-electron chi connectivity index (χ2n) is 7.44. The minimum absolute atomic E-state index is 0.0295. The number of hydrogen-bond acceptors (Lipinski definition) is 6. The van der Waals surface area contributed by atoms with E-state index in [0.717, 1.165) is 24.1 Å². The van der Waals surface area contributed by atoms with Gasteiger partial charge in [0.25, 0.3) is 0 Å². The summed E-state index contributed by atoms with van der Waals surface area (Å²) in [5.74, 6) is -1.91. The number of methoxy groups -OCH3 is 1. The van der Waals surface area contributed by atoms with E-state index in [1.807, 2.05) is 6.92 Å². The van der Waals surface area contributed by atoms with Crippen molar-refractivity contribution in [1.82, 2.24) is 0 Å². The zero-order chi connectivity index (χ0) is 20.4. The summed E-state index contributed by atoms with van der Waals surface area (Å²) in [6.07, 6.45) is 1.68. The van der Waals surface area contributed by atoms with E-state index in [9.17, 15) is 14.4 Å². The third-order valence-electron chi connectivity index (χ3n) is 5.13. The fourth-order valence-electron chi connectivity index (χ4n) is 3.92. The summed E-state index contributed by atoms with van der Waals surface area (Å²) < 4.78 is 10.2. The van der Waals surface area contributed by atoms with Gasteiger partial charge >= 0.3 is 11.9 Å². The Bertz CT molecular complexity index is 863. The number of carbonyl (C=O) groups is 3. The Labute approximate surface area is 164 Å². The molecule has 0 aromatic heterocycles. The topological polar surface area (TPSA) is 82.0 Å². The molecule has 0 fully saturated rings. The molecule has 0 spiro atoms. The normalized spacial score (nSPS) is 21.9. The molecule has 0 N–H and O–H groups in total. The van der Waals surface area contributed by atoms with Crippen LogP contribution < -0.4 is 0 Å². The standard InChI is InChI=1S/C22H25NO5/c1-12(2)28-22(26)18-13(3)23-16-6-5-7-17(24)20(16)19(18)14-8-10-15(11-9-14)21(25)27-4/h8-12,18-19H,5-7H2,1-4H3/t18?,19-/m1/s1. The smallest absolute Gasteiger partial charge is 0.337 e. The summed E-state index contributed by atoms with van der Waals surface area (Å²) in [5.41, 5.74) is 3.23. The van der Waals surface area contributed by atoms with Crippen LogP contribution >= 0.6 is 0 Å². The third-order valence-corrected chi connectivity index (χ3v) is 5.13. The van der Waals surface area contributed by atoms with Gasteiger partial charge in [0.05, 0.1) is 18.8 Å². The fraction of sp³-hybridized carbons (Fsp3) is 0.455. The molecule has 28 heavy (non-hydrogen) atoms. The monoisotopic (exact) mass is 383 g/mol. The average Bonchev–Trinajstić information content (AvgIpc) is 2.66. The van der Waals surface area contributed by atoms with Crippen LogP contribution in [0.2, 0.25) is 0 Å². The maximum Gasteiger partial charge on any atom is 0.337 e. The minimum atomic E-state index is -0.660. The molecular formula is C22H25NO5. The van der Waals surface area contributed by atoms with E-state index >= 15 is 0 Å². The number of nitrogens with zero attached hydrogens (tertiary/aromatic N) is 1. The summed E-state index contributed by atoms with van der Waals surface area (Å²) in [4.78, 5) is 42.0. The number of ketones is 1. The summed E-state index contributed by atoms with van der Waals surface area (Å²) >= 11 is 0. The predicted molar refractivity (Wildman–Crippen MR) is 104 cm³/mol. The highest BCUT2D eigenvalue weighted by molar-refractivity contribution is 6.08. The molecule has 0 amide bonds. The van der Waals surface area contributed by atoms with Gasteiger partial charge in [0.15, 0.2) is 5.78 Å². The van der Waals surface area contributed by atoms with Crippen LogP contribution in [0, 0.1) is 5.92 Å². The van der Waals surface area contributed by atoms with Crippen LogP contribution in [0.4, 0.5) is 0 Å². The first-order chi connectivity index (χ1) is 13.3. The molecule has 2 atom stereocenters. The van der Waals surface area contributed by atoms with Crippen LogP contribution in [0.25, 0.3) is 0 Å². The molecule has 1 aromatic carbocycles. The summed E-state index contributed by atoms with van der Waals surface area (Å²) in [7, 11) is 1.33. The Hall–Kier alpha value is -2.76. The Balaban J connectivity index is 2.09. The summed E-state index contributed by atoms with van der Waals surface area (Å²) in [6.45, 7) is 5.40. The van der Waals surface area contributed by atoms with Crippen LogP contribution in [0.5, 0.6) is 0 Å². The van der Waals surface area contributed by atoms with Crippen molar-refractivity contribution < 1.29 is 23.9 Å². The molecule has 148 valence electrons. The van der Waals surface area contributed by atoms with Gasteiger partial charge in [0.1, 0.15) is 5.92 Å². The number of carbonyl (C=O) groups excluding carboxylic acids is 3. The van der Waals surface area contributed by atoms with E-state index in [4.69, 9.17) is 9.47 Å². The molecule has 6 nitrogen and oxygen atoms in total. The first-order valence-corrected chi connectivity index (χ1v) is 9.53. The Morgan fingerprint density at radius 2 is 1.82 bits per heavy atom. The van der Waals surface area contributed by atoms with E-state index in [0.29, 0.717) is 23.3 Å². The lowest BCUT2D eigenvalue weighted by molar-refractivity contribution is -0.150. The van der Waals surface area contributed by atoms with Crippen molar-refractivity contribution in [2.75, 3.05) is 7.11 Å². The van der Waals surface area contributed by atoms with E-state index < -0.39 is 17.8 Å². The molecule has 3 rings (SSSR count). The van der Waals surface area contributed by atoms with E-state index in [-0.39, 0.29) is 17.9 Å². The van der Waals surface area contributed by atoms with Crippen molar-refractivity contribution in [1.29, 1.82) is 0 Å².